The first-order valence-corrected chi connectivity index (χ1v) is 5.69. The van der Waals surface area contributed by atoms with Crippen LogP contribution in [0.4, 0.5) is 0 Å². The number of hydrogen-bond acceptors (Lipinski definition) is 2. The van der Waals surface area contributed by atoms with E-state index in [0.29, 0.717) is 17.5 Å². The molecular formula is C11H10BrNO2. The van der Waals surface area contributed by atoms with Crippen molar-refractivity contribution in [3.63, 3.8) is 0 Å². The SMILES string of the molecule is CCC(Br)N1C(=O)c2ccccc2C1=O. The molecule has 0 radical (unpaired) electrons. The molecule has 1 heterocycles. The van der Waals surface area contributed by atoms with Gasteiger partial charge in [0.25, 0.3) is 11.8 Å². The van der Waals surface area contributed by atoms with Crippen LogP contribution in [0.15, 0.2) is 24.3 Å². The molecule has 0 saturated heterocycles. The summed E-state index contributed by atoms with van der Waals surface area (Å²) in [5.41, 5.74) is 1.00. The molecule has 15 heavy (non-hydrogen) atoms. The number of nitrogens with zero attached hydrogens (tertiary/aromatic N) is 1. The summed E-state index contributed by atoms with van der Waals surface area (Å²) in [5.74, 6) is -0.418. The largest absolute Gasteiger partial charge is 0.269 e. The predicted octanol–water partition coefficient (Wildman–Crippen LogP) is 2.41. The van der Waals surface area contributed by atoms with E-state index in [-0.39, 0.29) is 16.8 Å². The number of hydrogen-bond donors (Lipinski definition) is 0. The molecule has 4 heteroatoms. The van der Waals surface area contributed by atoms with Gasteiger partial charge in [-0.2, -0.15) is 0 Å². The van der Waals surface area contributed by atoms with Crippen molar-refractivity contribution >= 4 is 27.7 Å². The molecule has 0 spiro atoms. The minimum absolute atomic E-state index is 0.209. The lowest BCUT2D eigenvalue weighted by molar-refractivity contribution is 0.0639. The third-order valence-corrected chi connectivity index (χ3v) is 3.50. The van der Waals surface area contributed by atoms with Crippen LogP contribution in [0.1, 0.15) is 34.1 Å². The topological polar surface area (TPSA) is 37.4 Å². The van der Waals surface area contributed by atoms with E-state index in [0.717, 1.165) is 0 Å². The van der Waals surface area contributed by atoms with Gasteiger partial charge in [0.15, 0.2) is 0 Å². The fourth-order valence-electron chi connectivity index (χ4n) is 1.64. The van der Waals surface area contributed by atoms with Crippen molar-refractivity contribution in [3.8, 4) is 0 Å². The highest BCUT2D eigenvalue weighted by Crippen LogP contribution is 2.27. The Balaban J connectivity index is 2.45. The summed E-state index contributed by atoms with van der Waals surface area (Å²) in [6, 6.07) is 6.90. The lowest BCUT2D eigenvalue weighted by Gasteiger charge is -2.18. The van der Waals surface area contributed by atoms with E-state index in [2.05, 4.69) is 15.9 Å². The van der Waals surface area contributed by atoms with Crippen LogP contribution in [-0.4, -0.2) is 21.7 Å². The van der Waals surface area contributed by atoms with Crippen LogP contribution in [0.25, 0.3) is 0 Å². The normalized spacial score (nSPS) is 16.8. The van der Waals surface area contributed by atoms with Crippen molar-refractivity contribution < 1.29 is 9.59 Å². The number of carbonyl (C=O) groups is 2. The monoisotopic (exact) mass is 267 g/mol. The molecule has 0 bridgehead atoms. The molecule has 0 saturated carbocycles. The number of alkyl halides is 1. The van der Waals surface area contributed by atoms with Gasteiger partial charge in [0, 0.05) is 0 Å². The minimum Gasteiger partial charge on any atom is -0.269 e. The van der Waals surface area contributed by atoms with Crippen LogP contribution in [0, 0.1) is 0 Å². The van der Waals surface area contributed by atoms with Gasteiger partial charge in [0.1, 0.15) is 0 Å². The molecule has 0 aliphatic carbocycles. The molecule has 0 fully saturated rings. The second-order valence-electron chi connectivity index (χ2n) is 3.37. The van der Waals surface area contributed by atoms with E-state index >= 15 is 0 Å². The molecule has 1 aliphatic rings. The van der Waals surface area contributed by atoms with Gasteiger partial charge >= 0.3 is 0 Å². The van der Waals surface area contributed by atoms with Crippen LogP contribution < -0.4 is 0 Å². The number of imide groups is 1. The quantitative estimate of drug-likeness (QED) is 0.469. The maximum Gasteiger partial charge on any atom is 0.262 e. The van der Waals surface area contributed by atoms with Gasteiger partial charge in [-0.15, -0.1) is 0 Å². The van der Waals surface area contributed by atoms with E-state index in [9.17, 15) is 9.59 Å². The average molecular weight is 268 g/mol. The van der Waals surface area contributed by atoms with Gasteiger partial charge in [-0.3, -0.25) is 14.5 Å². The molecule has 3 nitrogen and oxygen atoms in total. The van der Waals surface area contributed by atoms with Gasteiger partial charge in [-0.1, -0.05) is 35.0 Å². The zero-order valence-corrected chi connectivity index (χ0v) is 9.82. The van der Waals surface area contributed by atoms with Crippen molar-refractivity contribution in [1.29, 1.82) is 0 Å². The Morgan fingerprint density at radius 1 is 1.20 bits per heavy atom. The zero-order valence-electron chi connectivity index (χ0n) is 8.24. The fraction of sp³-hybridized carbons (Fsp3) is 0.273. The van der Waals surface area contributed by atoms with Gasteiger partial charge in [0.05, 0.1) is 16.1 Å². The van der Waals surface area contributed by atoms with E-state index in [1.165, 1.54) is 4.90 Å². The van der Waals surface area contributed by atoms with Crippen molar-refractivity contribution in [3.05, 3.63) is 35.4 Å². The summed E-state index contributed by atoms with van der Waals surface area (Å²) in [5, 5.41) is 0. The highest BCUT2D eigenvalue weighted by atomic mass is 79.9. The van der Waals surface area contributed by atoms with Gasteiger partial charge in [0.2, 0.25) is 0 Å². The molecular weight excluding hydrogens is 258 g/mol. The summed E-state index contributed by atoms with van der Waals surface area (Å²) in [7, 11) is 0. The Morgan fingerprint density at radius 2 is 1.67 bits per heavy atom. The number of amides is 2. The van der Waals surface area contributed by atoms with Crippen molar-refractivity contribution in [1.82, 2.24) is 4.90 Å². The first-order valence-electron chi connectivity index (χ1n) is 4.77. The van der Waals surface area contributed by atoms with Crippen molar-refractivity contribution in [2.75, 3.05) is 0 Å². The summed E-state index contributed by atoms with van der Waals surface area (Å²) in [6.45, 7) is 1.92. The predicted molar refractivity (Wildman–Crippen MR) is 59.9 cm³/mol. The molecule has 1 atom stereocenters. The number of rotatable bonds is 2. The zero-order chi connectivity index (χ0) is 11.0. The molecule has 1 aromatic rings. The van der Waals surface area contributed by atoms with E-state index in [1.807, 2.05) is 6.92 Å². The number of benzene rings is 1. The summed E-state index contributed by atoms with van der Waals surface area (Å²) >= 11 is 3.33. The van der Waals surface area contributed by atoms with Crippen LogP contribution in [0.2, 0.25) is 0 Å². The molecule has 0 N–H and O–H groups in total. The smallest absolute Gasteiger partial charge is 0.262 e. The average Bonchev–Trinajstić information content (AvgIpc) is 2.52. The Labute approximate surface area is 96.2 Å². The van der Waals surface area contributed by atoms with E-state index < -0.39 is 0 Å². The molecule has 78 valence electrons. The van der Waals surface area contributed by atoms with E-state index in [4.69, 9.17) is 0 Å². The maximum absolute atomic E-state index is 11.9. The third kappa shape index (κ3) is 1.49. The van der Waals surface area contributed by atoms with Gasteiger partial charge < -0.3 is 0 Å². The second kappa shape index (κ2) is 3.77. The second-order valence-corrected chi connectivity index (χ2v) is 4.43. The number of carbonyl (C=O) groups excluding carboxylic acids is 2. The van der Waals surface area contributed by atoms with Gasteiger partial charge in [-0.05, 0) is 18.6 Å². The van der Waals surface area contributed by atoms with Crippen LogP contribution in [0.5, 0.6) is 0 Å². The Kier molecular flexibility index (Phi) is 2.61. The fourth-order valence-corrected chi connectivity index (χ4v) is 2.02. The first kappa shape index (κ1) is 10.4. The van der Waals surface area contributed by atoms with Crippen LogP contribution >= 0.6 is 15.9 Å². The molecule has 1 unspecified atom stereocenters. The molecule has 2 rings (SSSR count). The number of fused-ring (bicyclic) bond motifs is 1. The lowest BCUT2D eigenvalue weighted by atomic mass is 10.1. The molecule has 1 aromatic carbocycles. The van der Waals surface area contributed by atoms with Crippen LogP contribution in [-0.2, 0) is 0 Å². The first-order chi connectivity index (χ1) is 7.16. The maximum atomic E-state index is 11.9. The molecule has 2 amide bonds. The summed E-state index contributed by atoms with van der Waals surface area (Å²) in [6.07, 6.45) is 0.700. The Hall–Kier alpha value is -1.16. The molecule has 1 aliphatic heterocycles. The number of halogens is 1. The molecule has 0 aromatic heterocycles. The van der Waals surface area contributed by atoms with E-state index in [1.54, 1.807) is 24.3 Å². The lowest BCUT2D eigenvalue weighted by Crippen LogP contribution is -2.35. The minimum atomic E-state index is -0.218. The van der Waals surface area contributed by atoms with Crippen molar-refractivity contribution in [2.45, 2.75) is 18.3 Å². The van der Waals surface area contributed by atoms with Crippen molar-refractivity contribution in [2.24, 2.45) is 0 Å². The van der Waals surface area contributed by atoms with Crippen LogP contribution in [0.3, 0.4) is 0 Å². The highest BCUT2D eigenvalue weighted by Gasteiger charge is 2.37. The highest BCUT2D eigenvalue weighted by molar-refractivity contribution is 9.09. The van der Waals surface area contributed by atoms with Gasteiger partial charge in [-0.25, -0.2) is 0 Å². The standard InChI is InChI=1S/C11H10BrNO2/c1-2-9(12)13-10(14)7-5-3-4-6-8(7)11(13)15/h3-6,9H,2H2,1H3. The Bertz CT molecular complexity index is 395. The Morgan fingerprint density at radius 3 is 2.07 bits per heavy atom. The third-order valence-electron chi connectivity index (χ3n) is 2.44. The summed E-state index contributed by atoms with van der Waals surface area (Å²) < 4.78 is 0. The summed E-state index contributed by atoms with van der Waals surface area (Å²) in [4.78, 5) is 24.8.